The lowest BCUT2D eigenvalue weighted by atomic mass is 10.0. The van der Waals surface area contributed by atoms with Crippen molar-refractivity contribution in [1.82, 2.24) is 0 Å². The monoisotopic (exact) mass is 229 g/mol. The van der Waals surface area contributed by atoms with E-state index in [4.69, 9.17) is 15.2 Å². The number of methoxy groups -OCH3 is 2. The largest absolute Gasteiger partial charge is 0.496 e. The van der Waals surface area contributed by atoms with Crippen molar-refractivity contribution in [3.8, 4) is 11.5 Å². The van der Waals surface area contributed by atoms with Crippen LogP contribution in [-0.2, 0) is 0 Å². The second kappa shape index (κ2) is 5.67. The van der Waals surface area contributed by atoms with Gasteiger partial charge in [0, 0.05) is 0 Å². The fourth-order valence-corrected chi connectivity index (χ4v) is 1.56. The lowest BCUT2D eigenvalue weighted by Crippen LogP contribution is -2.10. The number of hydrogen-bond acceptors (Lipinski definition) is 4. The molecule has 0 fully saturated rings. The molecule has 0 saturated heterocycles. The summed E-state index contributed by atoms with van der Waals surface area (Å²) in [6.07, 6.45) is -0.582. The second-order valence-corrected chi connectivity index (χ2v) is 3.29. The zero-order chi connectivity index (χ0) is 12.1. The number of nitrogens with two attached hydrogens (primary N) is 1. The average Bonchev–Trinajstić information content (AvgIpc) is 2.28. The number of hydrogen-bond donors (Lipinski definition) is 2. The van der Waals surface area contributed by atoms with Gasteiger partial charge in [-0.15, -0.1) is 0 Å². The molecule has 16 heavy (non-hydrogen) atoms. The van der Waals surface area contributed by atoms with Gasteiger partial charge in [-0.05, 0) is 25.1 Å². The summed E-state index contributed by atoms with van der Waals surface area (Å²) in [6, 6.07) is 2.68. The van der Waals surface area contributed by atoms with Crippen LogP contribution in [0.15, 0.2) is 12.1 Å². The molecule has 0 spiro atoms. The molecule has 0 aliphatic heterocycles. The topological polar surface area (TPSA) is 64.7 Å². The number of benzene rings is 1. The summed E-state index contributed by atoms with van der Waals surface area (Å²) in [6.45, 7) is 0.296. The van der Waals surface area contributed by atoms with Gasteiger partial charge in [-0.3, -0.25) is 0 Å². The molecular formula is C11H16FNO3. The smallest absolute Gasteiger partial charge is 0.165 e. The van der Waals surface area contributed by atoms with E-state index in [9.17, 15) is 9.50 Å². The second-order valence-electron chi connectivity index (χ2n) is 3.29. The zero-order valence-electron chi connectivity index (χ0n) is 9.37. The first-order valence-corrected chi connectivity index (χ1v) is 4.94. The van der Waals surface area contributed by atoms with E-state index in [-0.39, 0.29) is 5.75 Å². The molecule has 0 heterocycles. The van der Waals surface area contributed by atoms with Crippen LogP contribution in [0, 0.1) is 5.82 Å². The molecule has 1 atom stereocenters. The molecular weight excluding hydrogens is 213 g/mol. The Bertz CT molecular complexity index is 357. The first-order chi connectivity index (χ1) is 7.65. The fourth-order valence-electron chi connectivity index (χ4n) is 1.56. The van der Waals surface area contributed by atoms with Crippen molar-refractivity contribution in [3.05, 3.63) is 23.5 Å². The van der Waals surface area contributed by atoms with Crippen molar-refractivity contribution >= 4 is 0 Å². The number of halogens is 1. The molecule has 1 aromatic carbocycles. The van der Waals surface area contributed by atoms with Crippen LogP contribution in [0.1, 0.15) is 18.1 Å². The fraction of sp³-hybridized carbons (Fsp3) is 0.455. The lowest BCUT2D eigenvalue weighted by molar-refractivity contribution is 0.160. The van der Waals surface area contributed by atoms with Crippen LogP contribution in [0.2, 0.25) is 0 Å². The van der Waals surface area contributed by atoms with Crippen molar-refractivity contribution in [3.63, 3.8) is 0 Å². The maximum atomic E-state index is 13.4. The van der Waals surface area contributed by atoms with E-state index in [1.54, 1.807) is 0 Å². The highest BCUT2D eigenvalue weighted by Gasteiger charge is 2.21. The summed E-state index contributed by atoms with van der Waals surface area (Å²) in [5, 5.41) is 9.86. The molecule has 0 amide bonds. The van der Waals surface area contributed by atoms with E-state index >= 15 is 0 Å². The van der Waals surface area contributed by atoms with Crippen LogP contribution < -0.4 is 15.2 Å². The third-order valence-corrected chi connectivity index (χ3v) is 2.31. The maximum Gasteiger partial charge on any atom is 0.165 e. The number of aliphatic hydroxyl groups is 1. The standard InChI is InChI=1S/C11H16FNO3/c1-15-9-4-3-7(12)11(16-2)10(9)8(14)5-6-13/h3-4,8,14H,5-6,13H2,1-2H3/t8-/m1/s1. The van der Waals surface area contributed by atoms with E-state index < -0.39 is 11.9 Å². The summed E-state index contributed by atoms with van der Waals surface area (Å²) in [5.74, 6) is -0.145. The summed E-state index contributed by atoms with van der Waals surface area (Å²) in [5.41, 5.74) is 5.65. The Balaban J connectivity index is 3.24. The van der Waals surface area contributed by atoms with E-state index in [0.717, 1.165) is 0 Å². The third kappa shape index (κ3) is 2.43. The van der Waals surface area contributed by atoms with Gasteiger partial charge >= 0.3 is 0 Å². The average molecular weight is 229 g/mol. The van der Waals surface area contributed by atoms with Gasteiger partial charge in [-0.25, -0.2) is 4.39 Å². The lowest BCUT2D eigenvalue weighted by Gasteiger charge is -2.17. The SMILES string of the molecule is COc1ccc(F)c(OC)c1[C@H](O)CCN. The molecule has 0 aliphatic rings. The summed E-state index contributed by atoms with van der Waals surface area (Å²) >= 11 is 0. The van der Waals surface area contributed by atoms with E-state index in [0.29, 0.717) is 24.3 Å². The Morgan fingerprint density at radius 3 is 2.56 bits per heavy atom. The van der Waals surface area contributed by atoms with Gasteiger partial charge in [-0.1, -0.05) is 0 Å². The first-order valence-electron chi connectivity index (χ1n) is 4.94. The minimum absolute atomic E-state index is 0.000278. The highest BCUT2D eigenvalue weighted by atomic mass is 19.1. The first kappa shape index (κ1) is 12.7. The molecule has 0 bridgehead atoms. The Hall–Kier alpha value is -1.33. The van der Waals surface area contributed by atoms with Crippen molar-refractivity contribution in [1.29, 1.82) is 0 Å². The number of ether oxygens (including phenoxy) is 2. The molecule has 90 valence electrons. The van der Waals surface area contributed by atoms with Crippen LogP contribution in [0.3, 0.4) is 0 Å². The molecule has 0 saturated carbocycles. The Morgan fingerprint density at radius 1 is 1.38 bits per heavy atom. The minimum Gasteiger partial charge on any atom is -0.496 e. The van der Waals surface area contributed by atoms with Gasteiger partial charge in [0.2, 0.25) is 0 Å². The molecule has 1 aromatic rings. The molecule has 0 unspecified atom stereocenters. The Kier molecular flexibility index (Phi) is 4.52. The third-order valence-electron chi connectivity index (χ3n) is 2.31. The summed E-state index contributed by atoms with van der Waals surface area (Å²) < 4.78 is 23.4. The highest BCUT2D eigenvalue weighted by molar-refractivity contribution is 5.47. The van der Waals surface area contributed by atoms with Gasteiger partial charge in [0.1, 0.15) is 5.75 Å². The molecule has 4 nitrogen and oxygen atoms in total. The summed E-state index contributed by atoms with van der Waals surface area (Å²) in [4.78, 5) is 0. The molecule has 0 aliphatic carbocycles. The van der Waals surface area contributed by atoms with Crippen molar-refractivity contribution < 1.29 is 19.0 Å². The predicted octanol–water partition coefficient (Wildman–Crippen LogP) is 1.23. The number of aliphatic hydroxyl groups excluding tert-OH is 1. The van der Waals surface area contributed by atoms with Gasteiger partial charge in [0.05, 0.1) is 25.9 Å². The van der Waals surface area contributed by atoms with Crippen molar-refractivity contribution in [2.45, 2.75) is 12.5 Å². The highest BCUT2D eigenvalue weighted by Crippen LogP contribution is 2.37. The minimum atomic E-state index is -0.898. The van der Waals surface area contributed by atoms with Crippen LogP contribution in [0.25, 0.3) is 0 Å². The molecule has 0 radical (unpaired) electrons. The predicted molar refractivity (Wildman–Crippen MR) is 58.1 cm³/mol. The Labute approximate surface area is 93.8 Å². The normalized spacial score (nSPS) is 12.3. The molecule has 5 heteroatoms. The van der Waals surface area contributed by atoms with Crippen molar-refractivity contribution in [2.75, 3.05) is 20.8 Å². The van der Waals surface area contributed by atoms with E-state index in [1.807, 2.05) is 0 Å². The summed E-state index contributed by atoms with van der Waals surface area (Å²) in [7, 11) is 2.79. The van der Waals surface area contributed by atoms with Crippen LogP contribution in [-0.4, -0.2) is 25.9 Å². The van der Waals surface area contributed by atoms with E-state index in [2.05, 4.69) is 0 Å². The van der Waals surface area contributed by atoms with Gasteiger partial charge in [0.25, 0.3) is 0 Å². The van der Waals surface area contributed by atoms with Crippen LogP contribution in [0.4, 0.5) is 4.39 Å². The van der Waals surface area contributed by atoms with Gasteiger partial charge in [0.15, 0.2) is 11.6 Å². The van der Waals surface area contributed by atoms with Gasteiger partial charge < -0.3 is 20.3 Å². The van der Waals surface area contributed by atoms with Gasteiger partial charge in [-0.2, -0.15) is 0 Å². The zero-order valence-corrected chi connectivity index (χ0v) is 9.37. The number of rotatable bonds is 5. The molecule has 0 aromatic heterocycles. The van der Waals surface area contributed by atoms with Crippen LogP contribution in [0.5, 0.6) is 11.5 Å². The van der Waals surface area contributed by atoms with E-state index in [1.165, 1.54) is 26.4 Å². The quantitative estimate of drug-likeness (QED) is 0.797. The van der Waals surface area contributed by atoms with Crippen molar-refractivity contribution in [2.24, 2.45) is 5.73 Å². The Morgan fingerprint density at radius 2 is 2.06 bits per heavy atom. The van der Waals surface area contributed by atoms with Crippen LogP contribution >= 0.6 is 0 Å². The molecule has 1 rings (SSSR count). The maximum absolute atomic E-state index is 13.4. The molecule has 3 N–H and O–H groups in total.